The van der Waals surface area contributed by atoms with Gasteiger partial charge in [-0.25, -0.2) is 4.39 Å². The molecule has 3 heterocycles. The predicted octanol–water partition coefficient (Wildman–Crippen LogP) is 1.68. The number of fused-ring (bicyclic) bond motifs is 1. The number of nitrogens with one attached hydrogen (secondary N) is 1. The Morgan fingerprint density at radius 2 is 1.74 bits per heavy atom. The second-order valence-corrected chi connectivity index (χ2v) is 6.87. The third-order valence-electron chi connectivity index (χ3n) is 4.79. The molecule has 0 aliphatic carbocycles. The van der Waals surface area contributed by atoms with E-state index in [1.54, 1.807) is 24.5 Å². The summed E-state index contributed by atoms with van der Waals surface area (Å²) in [5.41, 5.74) is -0.610. The molecule has 0 radical (unpaired) electrons. The fraction of sp³-hybridized carbons (Fsp3) is 0.0909. The topological polar surface area (TPSA) is 106 Å². The molecular formula is C22H17FN4O4. The predicted molar refractivity (Wildman–Crippen MR) is 111 cm³/mol. The third-order valence-corrected chi connectivity index (χ3v) is 4.79. The van der Waals surface area contributed by atoms with Crippen LogP contribution in [0.1, 0.15) is 21.5 Å². The minimum atomic E-state index is -0.949. The molecule has 0 unspecified atom stereocenters. The zero-order chi connectivity index (χ0) is 22.0. The second-order valence-electron chi connectivity index (χ2n) is 6.87. The quantitative estimate of drug-likeness (QED) is 0.511. The largest absolute Gasteiger partial charge is 0.503 e. The summed E-state index contributed by atoms with van der Waals surface area (Å²) in [5.74, 6) is -1.93. The molecule has 1 aromatic carbocycles. The van der Waals surface area contributed by atoms with E-state index in [2.05, 4.69) is 10.3 Å². The number of aromatic hydroxyl groups is 1. The van der Waals surface area contributed by atoms with Crippen molar-refractivity contribution in [2.45, 2.75) is 13.1 Å². The molecule has 1 amide bonds. The number of halogens is 1. The van der Waals surface area contributed by atoms with Crippen molar-refractivity contribution in [3.63, 3.8) is 0 Å². The molecule has 8 nitrogen and oxygen atoms in total. The van der Waals surface area contributed by atoms with Crippen molar-refractivity contribution in [3.05, 3.63) is 110 Å². The minimum absolute atomic E-state index is 0.0650. The number of aromatic nitrogens is 3. The summed E-state index contributed by atoms with van der Waals surface area (Å²) in [7, 11) is 0. The van der Waals surface area contributed by atoms with Gasteiger partial charge in [-0.2, -0.15) is 0 Å². The summed E-state index contributed by atoms with van der Waals surface area (Å²) in [6.45, 7) is 0.293. The Labute approximate surface area is 174 Å². The lowest BCUT2D eigenvalue weighted by atomic mass is 10.2. The van der Waals surface area contributed by atoms with Crippen LogP contribution < -0.4 is 16.3 Å². The first-order valence-corrected chi connectivity index (χ1v) is 9.33. The number of hydrogen-bond acceptors (Lipinski definition) is 5. The average molecular weight is 420 g/mol. The van der Waals surface area contributed by atoms with E-state index in [0.717, 1.165) is 5.56 Å². The summed E-state index contributed by atoms with van der Waals surface area (Å²) >= 11 is 0. The Bertz CT molecular complexity index is 1380. The fourth-order valence-electron chi connectivity index (χ4n) is 3.16. The molecule has 156 valence electrons. The Morgan fingerprint density at radius 1 is 1.03 bits per heavy atom. The smallest absolute Gasteiger partial charge is 0.279 e. The number of rotatable bonds is 5. The Morgan fingerprint density at radius 3 is 2.45 bits per heavy atom. The molecule has 4 rings (SSSR count). The van der Waals surface area contributed by atoms with Gasteiger partial charge >= 0.3 is 0 Å². The molecule has 0 aliphatic rings. The lowest BCUT2D eigenvalue weighted by molar-refractivity contribution is 0.0949. The van der Waals surface area contributed by atoms with E-state index in [-0.39, 0.29) is 24.2 Å². The van der Waals surface area contributed by atoms with Crippen molar-refractivity contribution in [2.24, 2.45) is 0 Å². The van der Waals surface area contributed by atoms with Crippen molar-refractivity contribution in [3.8, 4) is 5.75 Å². The van der Waals surface area contributed by atoms with Crippen LogP contribution in [0.4, 0.5) is 4.39 Å². The summed E-state index contributed by atoms with van der Waals surface area (Å²) in [5, 5.41) is 12.9. The SMILES string of the molecule is O=C(NCc1ccc(F)cc1)c1cn2ccn(Cc3ccncc3)c(=O)c2c(O)c1=O. The molecule has 3 aromatic heterocycles. The first kappa shape index (κ1) is 20.0. The molecular weight excluding hydrogens is 403 g/mol. The summed E-state index contributed by atoms with van der Waals surface area (Å²) < 4.78 is 15.6. The number of amides is 1. The van der Waals surface area contributed by atoms with Crippen molar-refractivity contribution in [2.75, 3.05) is 0 Å². The number of carbonyl (C=O) groups excluding carboxylic acids is 1. The van der Waals surface area contributed by atoms with Gasteiger partial charge in [0.2, 0.25) is 5.43 Å². The highest BCUT2D eigenvalue weighted by Crippen LogP contribution is 2.12. The van der Waals surface area contributed by atoms with E-state index in [9.17, 15) is 23.9 Å². The van der Waals surface area contributed by atoms with Gasteiger partial charge in [-0.3, -0.25) is 19.4 Å². The molecule has 2 N–H and O–H groups in total. The van der Waals surface area contributed by atoms with Gasteiger partial charge in [0.15, 0.2) is 11.3 Å². The lowest BCUT2D eigenvalue weighted by Gasteiger charge is -2.11. The highest BCUT2D eigenvalue weighted by atomic mass is 19.1. The van der Waals surface area contributed by atoms with Gasteiger partial charge in [-0.05, 0) is 35.4 Å². The molecule has 0 aliphatic heterocycles. The molecule has 9 heteroatoms. The number of hydrogen-bond donors (Lipinski definition) is 2. The van der Waals surface area contributed by atoms with Gasteiger partial charge < -0.3 is 19.4 Å². The van der Waals surface area contributed by atoms with Crippen molar-refractivity contribution in [1.29, 1.82) is 0 Å². The van der Waals surface area contributed by atoms with E-state index in [1.807, 2.05) is 0 Å². The van der Waals surface area contributed by atoms with E-state index >= 15 is 0 Å². The minimum Gasteiger partial charge on any atom is -0.503 e. The van der Waals surface area contributed by atoms with Crippen LogP contribution in [0.2, 0.25) is 0 Å². The van der Waals surface area contributed by atoms with Crippen molar-refractivity contribution >= 4 is 11.4 Å². The maximum atomic E-state index is 13.0. The van der Waals surface area contributed by atoms with E-state index in [0.29, 0.717) is 5.56 Å². The van der Waals surface area contributed by atoms with Gasteiger partial charge in [0.05, 0.1) is 6.54 Å². The monoisotopic (exact) mass is 420 g/mol. The first-order chi connectivity index (χ1) is 14.9. The number of carbonyl (C=O) groups is 1. The third kappa shape index (κ3) is 4.06. The molecule has 0 bridgehead atoms. The van der Waals surface area contributed by atoms with E-state index in [4.69, 9.17) is 0 Å². The van der Waals surface area contributed by atoms with Gasteiger partial charge in [-0.1, -0.05) is 12.1 Å². The van der Waals surface area contributed by atoms with Gasteiger partial charge in [0.1, 0.15) is 11.4 Å². The second kappa shape index (κ2) is 8.23. The number of pyridine rings is 2. The maximum absolute atomic E-state index is 13.0. The first-order valence-electron chi connectivity index (χ1n) is 9.33. The molecule has 31 heavy (non-hydrogen) atoms. The van der Waals surface area contributed by atoms with Crippen LogP contribution in [0.25, 0.3) is 5.52 Å². The van der Waals surface area contributed by atoms with Crippen LogP contribution in [-0.4, -0.2) is 25.0 Å². The summed E-state index contributed by atoms with van der Waals surface area (Å²) in [4.78, 5) is 41.8. The van der Waals surface area contributed by atoms with Crippen LogP contribution in [0, 0.1) is 5.82 Å². The average Bonchev–Trinajstić information content (AvgIpc) is 2.78. The highest BCUT2D eigenvalue weighted by Gasteiger charge is 2.19. The van der Waals surface area contributed by atoms with Crippen LogP contribution in [-0.2, 0) is 13.1 Å². The molecule has 4 aromatic rings. The van der Waals surface area contributed by atoms with E-state index in [1.165, 1.54) is 51.8 Å². The zero-order valence-electron chi connectivity index (χ0n) is 16.2. The van der Waals surface area contributed by atoms with Crippen molar-refractivity contribution < 1.29 is 14.3 Å². The molecule has 0 atom stereocenters. The molecule has 0 saturated heterocycles. The zero-order valence-corrected chi connectivity index (χ0v) is 16.2. The number of nitrogens with zero attached hydrogens (tertiary/aromatic N) is 3. The van der Waals surface area contributed by atoms with Crippen molar-refractivity contribution in [1.82, 2.24) is 19.3 Å². The summed E-state index contributed by atoms with van der Waals surface area (Å²) in [6, 6.07) is 9.02. The highest BCUT2D eigenvalue weighted by molar-refractivity contribution is 5.94. The fourth-order valence-corrected chi connectivity index (χ4v) is 3.16. The maximum Gasteiger partial charge on any atom is 0.279 e. The van der Waals surface area contributed by atoms with E-state index < -0.39 is 28.5 Å². The van der Waals surface area contributed by atoms with Crippen LogP contribution in [0.15, 0.2) is 77.0 Å². The van der Waals surface area contributed by atoms with Gasteiger partial charge in [0.25, 0.3) is 11.5 Å². The normalized spacial score (nSPS) is 10.9. The van der Waals surface area contributed by atoms with Crippen LogP contribution in [0.3, 0.4) is 0 Å². The van der Waals surface area contributed by atoms with Gasteiger partial charge in [0, 0.05) is 37.5 Å². The Balaban J connectivity index is 1.65. The lowest BCUT2D eigenvalue weighted by Crippen LogP contribution is -2.31. The Kier molecular flexibility index (Phi) is 5.31. The molecule has 0 spiro atoms. The van der Waals surface area contributed by atoms with Crippen LogP contribution in [0.5, 0.6) is 5.75 Å². The molecule has 0 fully saturated rings. The summed E-state index contributed by atoms with van der Waals surface area (Å²) in [6.07, 6.45) is 7.38. The number of benzene rings is 1. The Hall–Kier alpha value is -4.27. The molecule has 0 saturated carbocycles. The van der Waals surface area contributed by atoms with Gasteiger partial charge in [-0.15, -0.1) is 0 Å². The van der Waals surface area contributed by atoms with Crippen LogP contribution >= 0.6 is 0 Å². The standard InChI is InChI=1S/C22H17FN4O4/c23-16-3-1-14(2-4-16)11-25-21(30)17-13-26-9-10-27(12-15-5-7-24-8-6-15)22(31)18(26)20(29)19(17)28/h1-10,13,29H,11-12H2,(H,25,30).